The quantitative estimate of drug-likeness (QED) is 0.295. The van der Waals surface area contributed by atoms with Gasteiger partial charge in [0.15, 0.2) is 0 Å². The second-order valence-electron chi connectivity index (χ2n) is 1.62. The summed E-state index contributed by atoms with van der Waals surface area (Å²) in [5, 5.41) is 8.74. The van der Waals surface area contributed by atoms with Crippen molar-refractivity contribution in [2.75, 3.05) is 6.61 Å². The van der Waals surface area contributed by atoms with E-state index in [1.165, 1.54) is 6.08 Å². The van der Waals surface area contributed by atoms with Crippen LogP contribution in [-0.2, 0) is 4.84 Å². The van der Waals surface area contributed by atoms with Gasteiger partial charge in [-0.25, -0.2) is 0 Å². The molecular weight excluding hydrogens is 193 g/mol. The lowest BCUT2D eigenvalue weighted by molar-refractivity contribution is -0.755. The minimum atomic E-state index is -0.858. The summed E-state index contributed by atoms with van der Waals surface area (Å²) in [7, 11) is 0. The molecule has 0 aliphatic heterocycles. The topological polar surface area (TPSA) is 52.4 Å². The van der Waals surface area contributed by atoms with Crippen LogP contribution in [0.1, 0.15) is 6.42 Å². The van der Waals surface area contributed by atoms with Crippen molar-refractivity contribution >= 4 is 23.2 Å². The molecule has 0 atom stereocenters. The number of halogens is 2. The molecule has 0 saturated carbocycles. The van der Waals surface area contributed by atoms with E-state index >= 15 is 0 Å². The average molecular weight is 200 g/mol. The highest BCUT2D eigenvalue weighted by molar-refractivity contribution is 6.44. The lowest BCUT2D eigenvalue weighted by Crippen LogP contribution is -1.99. The second-order valence-corrected chi connectivity index (χ2v) is 2.89. The third-order valence-corrected chi connectivity index (χ3v) is 1.11. The maximum Gasteiger partial charge on any atom is 0.294 e. The minimum absolute atomic E-state index is 0.0620. The van der Waals surface area contributed by atoms with Crippen LogP contribution in [0.3, 0.4) is 0 Å². The van der Waals surface area contributed by atoms with Crippen LogP contribution in [0.2, 0.25) is 0 Å². The lowest BCUT2D eigenvalue weighted by Gasteiger charge is -1.92. The largest absolute Gasteiger partial charge is 0.310 e. The molecule has 11 heavy (non-hydrogen) atoms. The molecule has 0 amide bonds. The van der Waals surface area contributed by atoms with Crippen molar-refractivity contribution in [2.45, 2.75) is 11.3 Å². The molecule has 0 aromatic rings. The van der Waals surface area contributed by atoms with Gasteiger partial charge in [-0.2, -0.15) is 0 Å². The molecule has 0 spiro atoms. The Morgan fingerprint density at radius 3 is 2.64 bits per heavy atom. The molecule has 0 rings (SSSR count). The maximum atomic E-state index is 9.59. The number of hydrogen-bond donors (Lipinski definition) is 0. The Balaban J connectivity index is 3.23. The van der Waals surface area contributed by atoms with Crippen molar-refractivity contribution in [3.63, 3.8) is 0 Å². The van der Waals surface area contributed by atoms with Crippen LogP contribution >= 0.6 is 23.2 Å². The summed E-state index contributed by atoms with van der Waals surface area (Å²) in [6.45, 7) is -0.0620. The fourth-order valence-electron chi connectivity index (χ4n) is 0.371. The van der Waals surface area contributed by atoms with Gasteiger partial charge in [-0.15, -0.1) is 33.3 Å². The van der Waals surface area contributed by atoms with Crippen molar-refractivity contribution in [3.05, 3.63) is 22.3 Å². The van der Waals surface area contributed by atoms with Gasteiger partial charge in [0.2, 0.25) is 0 Å². The number of nitrogens with zero attached hydrogens (tertiary/aromatic N) is 1. The third kappa shape index (κ3) is 9.52. The molecule has 0 aliphatic rings. The first-order valence-corrected chi connectivity index (χ1v) is 3.70. The summed E-state index contributed by atoms with van der Waals surface area (Å²) in [6, 6.07) is 0. The first-order chi connectivity index (χ1) is 5.13. The maximum absolute atomic E-state index is 9.59. The molecule has 0 fully saturated rings. The molecule has 0 aromatic heterocycles. The summed E-state index contributed by atoms with van der Waals surface area (Å²) in [6.07, 6.45) is 3.57. The predicted octanol–water partition coefficient (Wildman–Crippen LogP) is 1.94. The number of hydrogen-bond acceptors (Lipinski definition) is 3. The van der Waals surface area contributed by atoms with Crippen molar-refractivity contribution in [1.29, 1.82) is 0 Å². The first kappa shape index (κ1) is 10.5. The molecule has 0 heterocycles. The van der Waals surface area contributed by atoms with E-state index in [2.05, 4.69) is 4.84 Å². The fourth-order valence-corrected chi connectivity index (χ4v) is 0.577. The summed E-state index contributed by atoms with van der Waals surface area (Å²) >= 11 is 10.7. The number of rotatable bonds is 5. The SMILES string of the molecule is O=[N+]([O-])OC/C=C/CC(Cl)Cl. The van der Waals surface area contributed by atoms with Gasteiger partial charge in [-0.1, -0.05) is 12.2 Å². The Kier molecular flexibility index (Phi) is 5.97. The Labute approximate surface area is 73.8 Å². The van der Waals surface area contributed by atoms with Crippen LogP contribution in [-0.4, -0.2) is 16.5 Å². The zero-order valence-electron chi connectivity index (χ0n) is 5.57. The van der Waals surface area contributed by atoms with E-state index < -0.39 is 9.92 Å². The van der Waals surface area contributed by atoms with Gasteiger partial charge in [0.1, 0.15) is 11.4 Å². The van der Waals surface area contributed by atoms with E-state index in [-0.39, 0.29) is 6.61 Å². The van der Waals surface area contributed by atoms with E-state index in [0.717, 1.165) is 0 Å². The van der Waals surface area contributed by atoms with Crippen molar-refractivity contribution in [2.24, 2.45) is 0 Å². The lowest BCUT2D eigenvalue weighted by atomic mass is 10.4. The van der Waals surface area contributed by atoms with Gasteiger partial charge >= 0.3 is 0 Å². The van der Waals surface area contributed by atoms with Gasteiger partial charge in [-0.05, 0) is 6.42 Å². The smallest absolute Gasteiger partial charge is 0.294 e. The second kappa shape index (κ2) is 6.24. The van der Waals surface area contributed by atoms with Crippen molar-refractivity contribution in [1.82, 2.24) is 0 Å². The van der Waals surface area contributed by atoms with Crippen LogP contribution in [0.25, 0.3) is 0 Å². The molecular formula is C5H7Cl2NO3. The van der Waals surface area contributed by atoms with E-state index in [1.807, 2.05) is 0 Å². The molecule has 4 nitrogen and oxygen atoms in total. The van der Waals surface area contributed by atoms with Crippen LogP contribution in [0.4, 0.5) is 0 Å². The molecule has 64 valence electrons. The molecule has 0 radical (unpaired) electrons. The summed E-state index contributed by atoms with van der Waals surface area (Å²) in [5.74, 6) is 0. The van der Waals surface area contributed by atoms with Crippen molar-refractivity contribution in [3.8, 4) is 0 Å². The first-order valence-electron chi connectivity index (χ1n) is 2.83. The predicted molar refractivity (Wildman–Crippen MR) is 42.2 cm³/mol. The Morgan fingerprint density at radius 1 is 1.55 bits per heavy atom. The highest BCUT2D eigenvalue weighted by Gasteiger charge is 1.93. The van der Waals surface area contributed by atoms with Gasteiger partial charge < -0.3 is 4.84 Å². The molecule has 0 bridgehead atoms. The van der Waals surface area contributed by atoms with Gasteiger partial charge in [-0.3, -0.25) is 0 Å². The highest BCUT2D eigenvalue weighted by atomic mass is 35.5. The van der Waals surface area contributed by atoms with Crippen molar-refractivity contribution < 1.29 is 9.92 Å². The zero-order chi connectivity index (χ0) is 8.69. The zero-order valence-corrected chi connectivity index (χ0v) is 7.09. The van der Waals surface area contributed by atoms with Gasteiger partial charge in [0.05, 0.1) is 0 Å². The van der Waals surface area contributed by atoms with Gasteiger partial charge in [0, 0.05) is 0 Å². The summed E-state index contributed by atoms with van der Waals surface area (Å²) < 4.78 is 0. The van der Waals surface area contributed by atoms with Crippen LogP contribution in [0.5, 0.6) is 0 Å². The molecule has 0 aromatic carbocycles. The Bertz CT molecular complexity index is 149. The molecule has 0 saturated heterocycles. The van der Waals surface area contributed by atoms with Crippen LogP contribution < -0.4 is 0 Å². The van der Waals surface area contributed by atoms with E-state index in [0.29, 0.717) is 6.42 Å². The fraction of sp³-hybridized carbons (Fsp3) is 0.600. The molecule has 6 heteroatoms. The normalized spacial score (nSPS) is 10.8. The minimum Gasteiger partial charge on any atom is -0.310 e. The Morgan fingerprint density at radius 2 is 2.18 bits per heavy atom. The van der Waals surface area contributed by atoms with Crippen LogP contribution in [0.15, 0.2) is 12.2 Å². The number of allylic oxidation sites excluding steroid dienone is 1. The summed E-state index contributed by atoms with van der Waals surface area (Å²) in [5.41, 5.74) is 0. The average Bonchev–Trinajstić information content (AvgIpc) is 1.85. The van der Waals surface area contributed by atoms with Gasteiger partial charge in [0.25, 0.3) is 5.09 Å². The summed E-state index contributed by atoms with van der Waals surface area (Å²) in [4.78, 5) is 13.1. The third-order valence-electron chi connectivity index (χ3n) is 0.757. The van der Waals surface area contributed by atoms with E-state index in [1.54, 1.807) is 6.08 Å². The standard InChI is InChI=1S/C5H7Cl2NO3/c6-5(7)3-1-2-4-11-8(9)10/h1-2,5H,3-4H2/b2-1+. The van der Waals surface area contributed by atoms with Crippen LogP contribution in [0, 0.1) is 10.1 Å². The Hall–Kier alpha value is -0.480. The number of alkyl halides is 2. The molecule has 0 N–H and O–H groups in total. The van der Waals surface area contributed by atoms with E-state index in [4.69, 9.17) is 23.2 Å². The van der Waals surface area contributed by atoms with E-state index in [9.17, 15) is 10.1 Å². The molecule has 0 unspecified atom stereocenters. The monoisotopic (exact) mass is 199 g/mol. The highest BCUT2D eigenvalue weighted by Crippen LogP contribution is 2.06. The molecule has 0 aliphatic carbocycles.